The maximum absolute atomic E-state index is 12.5. The highest BCUT2D eigenvalue weighted by molar-refractivity contribution is 7.12. The van der Waals surface area contributed by atoms with Crippen LogP contribution in [0.15, 0.2) is 17.5 Å². The van der Waals surface area contributed by atoms with E-state index in [0.717, 1.165) is 45.2 Å². The number of hydrogen-bond donors (Lipinski definition) is 1. The van der Waals surface area contributed by atoms with Crippen LogP contribution in [0.2, 0.25) is 0 Å². The van der Waals surface area contributed by atoms with E-state index < -0.39 is 5.97 Å². The predicted octanol–water partition coefficient (Wildman–Crippen LogP) is 2.01. The molecule has 114 valence electrons. The Labute approximate surface area is 128 Å². The maximum atomic E-state index is 12.5. The molecule has 0 spiro atoms. The summed E-state index contributed by atoms with van der Waals surface area (Å²) in [4.78, 5) is 28.0. The van der Waals surface area contributed by atoms with Crippen LogP contribution in [0.3, 0.4) is 0 Å². The number of carbonyl (C=O) groups is 2. The fourth-order valence-electron chi connectivity index (χ4n) is 2.42. The molecule has 1 aliphatic heterocycles. The summed E-state index contributed by atoms with van der Waals surface area (Å²) in [6.07, 6.45) is 3.68. The minimum Gasteiger partial charge on any atom is -0.478 e. The van der Waals surface area contributed by atoms with E-state index in [9.17, 15) is 9.59 Å². The Morgan fingerprint density at radius 1 is 1.33 bits per heavy atom. The quantitative estimate of drug-likeness (QED) is 0.845. The first kappa shape index (κ1) is 15.7. The Morgan fingerprint density at radius 2 is 2.05 bits per heavy atom. The second-order valence-corrected chi connectivity index (χ2v) is 5.93. The average Bonchev–Trinajstić information content (AvgIpc) is 2.94. The largest absolute Gasteiger partial charge is 0.478 e. The van der Waals surface area contributed by atoms with Gasteiger partial charge >= 0.3 is 5.97 Å². The molecule has 2 heterocycles. The van der Waals surface area contributed by atoms with Gasteiger partial charge in [-0.25, -0.2) is 4.79 Å². The molecule has 0 aromatic carbocycles. The van der Waals surface area contributed by atoms with Crippen LogP contribution in [0.5, 0.6) is 0 Å². The van der Waals surface area contributed by atoms with E-state index in [1.165, 1.54) is 17.4 Å². The minimum atomic E-state index is -1.01. The highest BCUT2D eigenvalue weighted by atomic mass is 32.1. The number of piperazine rings is 1. The molecule has 1 N–H and O–H groups in total. The smallest absolute Gasteiger partial charge is 0.328 e. The summed E-state index contributed by atoms with van der Waals surface area (Å²) in [7, 11) is 0. The second kappa shape index (κ2) is 7.38. The van der Waals surface area contributed by atoms with Crippen LogP contribution in [0, 0.1) is 0 Å². The molecule has 6 heteroatoms. The lowest BCUT2D eigenvalue weighted by molar-refractivity contribution is -0.131. The molecular formula is C15H20N2O3S. The van der Waals surface area contributed by atoms with Crippen molar-refractivity contribution in [1.29, 1.82) is 0 Å². The van der Waals surface area contributed by atoms with E-state index in [4.69, 9.17) is 5.11 Å². The van der Waals surface area contributed by atoms with Crippen molar-refractivity contribution in [2.24, 2.45) is 0 Å². The van der Waals surface area contributed by atoms with E-state index in [-0.39, 0.29) is 5.91 Å². The Balaban J connectivity index is 2.01. The molecule has 0 unspecified atom stereocenters. The molecule has 0 atom stereocenters. The lowest BCUT2D eigenvalue weighted by Crippen LogP contribution is -2.48. The number of carboxylic acid groups (broad SMARTS) is 1. The summed E-state index contributed by atoms with van der Waals surface area (Å²) >= 11 is 1.37. The van der Waals surface area contributed by atoms with Gasteiger partial charge in [0.1, 0.15) is 0 Å². The molecule has 1 amide bonds. The van der Waals surface area contributed by atoms with Gasteiger partial charge in [-0.15, -0.1) is 11.3 Å². The van der Waals surface area contributed by atoms with Crippen LogP contribution in [0.1, 0.15) is 28.6 Å². The number of hydrogen-bond acceptors (Lipinski definition) is 4. The molecule has 0 aliphatic carbocycles. The molecule has 5 nitrogen and oxygen atoms in total. The van der Waals surface area contributed by atoms with Crippen LogP contribution < -0.4 is 0 Å². The van der Waals surface area contributed by atoms with Crippen molar-refractivity contribution in [3.63, 3.8) is 0 Å². The minimum absolute atomic E-state index is 0.00573. The van der Waals surface area contributed by atoms with Crippen molar-refractivity contribution >= 4 is 29.3 Å². The molecule has 0 bridgehead atoms. The molecule has 1 saturated heterocycles. The summed E-state index contributed by atoms with van der Waals surface area (Å²) in [5.41, 5.74) is 0.684. The highest BCUT2D eigenvalue weighted by Crippen LogP contribution is 2.21. The number of thiophene rings is 1. The summed E-state index contributed by atoms with van der Waals surface area (Å²) in [5.74, 6) is -1.00. The molecule has 2 rings (SSSR count). The number of nitrogens with zero attached hydrogens (tertiary/aromatic N) is 2. The van der Waals surface area contributed by atoms with Crippen molar-refractivity contribution < 1.29 is 14.7 Å². The van der Waals surface area contributed by atoms with Gasteiger partial charge in [-0.1, -0.05) is 6.92 Å². The van der Waals surface area contributed by atoms with E-state index in [2.05, 4.69) is 11.8 Å². The van der Waals surface area contributed by atoms with Crippen LogP contribution >= 0.6 is 11.3 Å². The third-order valence-electron chi connectivity index (χ3n) is 3.49. The zero-order valence-corrected chi connectivity index (χ0v) is 12.9. The zero-order valence-electron chi connectivity index (χ0n) is 12.1. The number of carbonyl (C=O) groups excluding carboxylic acids is 1. The molecule has 0 saturated carbocycles. The molecular weight excluding hydrogens is 288 g/mol. The third-order valence-corrected chi connectivity index (χ3v) is 4.41. The first-order valence-electron chi connectivity index (χ1n) is 7.12. The standard InChI is InChI=1S/C15H20N2O3S/c1-2-6-16-7-9-17(10-8-16)15(20)14-12(5-11-21-14)3-4-13(18)19/h3-5,11H,2,6-10H2,1H3,(H,18,19). The first-order valence-corrected chi connectivity index (χ1v) is 8.00. The molecule has 1 aromatic heterocycles. The van der Waals surface area contributed by atoms with Crippen molar-refractivity contribution in [2.45, 2.75) is 13.3 Å². The zero-order chi connectivity index (χ0) is 15.2. The number of rotatable bonds is 5. The highest BCUT2D eigenvalue weighted by Gasteiger charge is 2.23. The Bertz CT molecular complexity index is 531. The predicted molar refractivity (Wildman–Crippen MR) is 83.6 cm³/mol. The van der Waals surface area contributed by atoms with Crippen molar-refractivity contribution in [3.8, 4) is 0 Å². The maximum Gasteiger partial charge on any atom is 0.328 e. The van der Waals surface area contributed by atoms with Gasteiger partial charge in [0.15, 0.2) is 0 Å². The van der Waals surface area contributed by atoms with E-state index in [1.807, 2.05) is 10.3 Å². The summed E-state index contributed by atoms with van der Waals surface area (Å²) in [5, 5.41) is 10.5. The van der Waals surface area contributed by atoms with E-state index in [1.54, 1.807) is 6.07 Å². The summed E-state index contributed by atoms with van der Waals surface area (Å²) in [6.45, 7) is 6.52. The Morgan fingerprint density at radius 3 is 2.67 bits per heavy atom. The molecule has 1 fully saturated rings. The fourth-order valence-corrected chi connectivity index (χ4v) is 3.27. The lowest BCUT2D eigenvalue weighted by Gasteiger charge is -2.34. The topological polar surface area (TPSA) is 60.9 Å². The first-order chi connectivity index (χ1) is 10.1. The Kier molecular flexibility index (Phi) is 5.52. The molecule has 0 radical (unpaired) electrons. The normalized spacial score (nSPS) is 16.5. The monoisotopic (exact) mass is 308 g/mol. The van der Waals surface area contributed by atoms with Gasteiger partial charge in [-0.05, 0) is 36.1 Å². The van der Waals surface area contributed by atoms with Gasteiger partial charge in [-0.3, -0.25) is 9.69 Å². The van der Waals surface area contributed by atoms with Crippen molar-refractivity contribution in [1.82, 2.24) is 9.80 Å². The molecule has 1 aromatic rings. The summed E-state index contributed by atoms with van der Waals surface area (Å²) < 4.78 is 0. The van der Waals surface area contributed by atoms with Gasteiger partial charge in [0.05, 0.1) is 4.88 Å². The number of aliphatic carboxylic acids is 1. The van der Waals surface area contributed by atoms with Crippen molar-refractivity contribution in [3.05, 3.63) is 28.0 Å². The van der Waals surface area contributed by atoms with Crippen LogP contribution in [0.25, 0.3) is 6.08 Å². The SMILES string of the molecule is CCCN1CCN(C(=O)c2sccc2C=CC(=O)O)CC1. The third kappa shape index (κ3) is 4.15. The van der Waals surface area contributed by atoms with Gasteiger partial charge in [-0.2, -0.15) is 0 Å². The molecule has 21 heavy (non-hydrogen) atoms. The van der Waals surface area contributed by atoms with Crippen LogP contribution in [0.4, 0.5) is 0 Å². The van der Waals surface area contributed by atoms with Gasteiger partial charge in [0, 0.05) is 32.3 Å². The number of carboxylic acids is 1. The average molecular weight is 308 g/mol. The van der Waals surface area contributed by atoms with E-state index >= 15 is 0 Å². The summed E-state index contributed by atoms with van der Waals surface area (Å²) in [6, 6.07) is 1.78. The second-order valence-electron chi connectivity index (χ2n) is 5.01. The van der Waals surface area contributed by atoms with Crippen LogP contribution in [-0.2, 0) is 4.79 Å². The lowest BCUT2D eigenvalue weighted by atomic mass is 10.2. The number of amides is 1. The van der Waals surface area contributed by atoms with Gasteiger partial charge in [0.25, 0.3) is 5.91 Å². The van der Waals surface area contributed by atoms with Crippen LogP contribution in [-0.4, -0.2) is 59.5 Å². The molecule has 1 aliphatic rings. The van der Waals surface area contributed by atoms with Gasteiger partial charge in [0.2, 0.25) is 0 Å². The Hall–Kier alpha value is -1.66. The fraction of sp³-hybridized carbons (Fsp3) is 0.467. The van der Waals surface area contributed by atoms with E-state index in [0.29, 0.717) is 10.4 Å². The van der Waals surface area contributed by atoms with Gasteiger partial charge < -0.3 is 10.0 Å². The van der Waals surface area contributed by atoms with Crippen molar-refractivity contribution in [2.75, 3.05) is 32.7 Å².